The highest BCUT2D eigenvalue weighted by molar-refractivity contribution is 5.84. The van der Waals surface area contributed by atoms with Crippen LogP contribution in [0.15, 0.2) is 36.7 Å². The Morgan fingerprint density at radius 3 is 3.00 bits per heavy atom. The van der Waals surface area contributed by atoms with Gasteiger partial charge >= 0.3 is 0 Å². The minimum atomic E-state index is 0.593. The van der Waals surface area contributed by atoms with Gasteiger partial charge in [0.15, 0.2) is 0 Å². The van der Waals surface area contributed by atoms with Crippen molar-refractivity contribution < 1.29 is 4.74 Å². The average molecular weight is 242 g/mol. The third kappa shape index (κ3) is 2.52. The number of pyridine rings is 1. The maximum atomic E-state index is 5.37. The lowest BCUT2D eigenvalue weighted by Gasteiger charge is -2.23. The van der Waals surface area contributed by atoms with Gasteiger partial charge < -0.3 is 10.1 Å². The van der Waals surface area contributed by atoms with Crippen LogP contribution in [0.4, 0.5) is 0 Å². The summed E-state index contributed by atoms with van der Waals surface area (Å²) in [7, 11) is 0. The lowest BCUT2D eigenvalue weighted by atomic mass is 10.0. The SMILES string of the molecule is c1cc(CNC2CCOCC2)c2ccncc2c1. The number of nitrogens with one attached hydrogen (secondary N) is 1. The van der Waals surface area contributed by atoms with E-state index in [-0.39, 0.29) is 0 Å². The molecule has 2 heterocycles. The van der Waals surface area contributed by atoms with Crippen molar-refractivity contribution in [3.63, 3.8) is 0 Å². The first-order valence-electron chi connectivity index (χ1n) is 6.56. The van der Waals surface area contributed by atoms with Gasteiger partial charge in [-0.1, -0.05) is 18.2 Å². The molecule has 0 aliphatic carbocycles. The van der Waals surface area contributed by atoms with E-state index >= 15 is 0 Å². The zero-order valence-electron chi connectivity index (χ0n) is 10.4. The topological polar surface area (TPSA) is 34.1 Å². The molecule has 1 aliphatic heterocycles. The quantitative estimate of drug-likeness (QED) is 0.898. The first kappa shape index (κ1) is 11.6. The van der Waals surface area contributed by atoms with Crippen molar-refractivity contribution >= 4 is 10.8 Å². The second-order valence-electron chi connectivity index (χ2n) is 4.78. The van der Waals surface area contributed by atoms with Gasteiger partial charge in [-0.05, 0) is 29.9 Å². The normalized spacial score (nSPS) is 17.1. The van der Waals surface area contributed by atoms with E-state index in [1.807, 2.05) is 12.4 Å². The first-order valence-corrected chi connectivity index (χ1v) is 6.56. The van der Waals surface area contributed by atoms with Gasteiger partial charge in [0, 0.05) is 43.6 Å². The molecule has 1 saturated heterocycles. The molecular weight excluding hydrogens is 224 g/mol. The molecule has 0 bridgehead atoms. The number of ether oxygens (including phenoxy) is 1. The molecule has 94 valence electrons. The van der Waals surface area contributed by atoms with Gasteiger partial charge in [-0.25, -0.2) is 0 Å². The van der Waals surface area contributed by atoms with E-state index in [0.29, 0.717) is 6.04 Å². The molecule has 1 fully saturated rings. The lowest BCUT2D eigenvalue weighted by molar-refractivity contribution is 0.0776. The Kier molecular flexibility index (Phi) is 3.53. The molecule has 3 rings (SSSR count). The molecule has 3 heteroatoms. The molecule has 1 N–H and O–H groups in total. The molecule has 18 heavy (non-hydrogen) atoms. The number of hydrogen-bond acceptors (Lipinski definition) is 3. The van der Waals surface area contributed by atoms with Crippen LogP contribution in [-0.4, -0.2) is 24.2 Å². The highest BCUT2D eigenvalue weighted by Crippen LogP contribution is 2.18. The van der Waals surface area contributed by atoms with Crippen molar-refractivity contribution in [1.29, 1.82) is 0 Å². The summed E-state index contributed by atoms with van der Waals surface area (Å²) in [6.45, 7) is 2.69. The van der Waals surface area contributed by atoms with Crippen LogP contribution in [-0.2, 0) is 11.3 Å². The number of hydrogen-bond donors (Lipinski definition) is 1. The highest BCUT2D eigenvalue weighted by Gasteiger charge is 2.13. The van der Waals surface area contributed by atoms with Gasteiger partial charge in [0.05, 0.1) is 0 Å². The van der Waals surface area contributed by atoms with Crippen molar-refractivity contribution in [2.24, 2.45) is 0 Å². The van der Waals surface area contributed by atoms with Gasteiger partial charge in [0.1, 0.15) is 0 Å². The highest BCUT2D eigenvalue weighted by atomic mass is 16.5. The Labute approximate surface area is 107 Å². The Morgan fingerprint density at radius 1 is 1.22 bits per heavy atom. The van der Waals surface area contributed by atoms with E-state index in [4.69, 9.17) is 4.74 Å². The zero-order valence-corrected chi connectivity index (χ0v) is 10.4. The third-order valence-electron chi connectivity index (χ3n) is 3.57. The second kappa shape index (κ2) is 5.46. The zero-order chi connectivity index (χ0) is 12.2. The summed E-state index contributed by atoms with van der Waals surface area (Å²) in [6.07, 6.45) is 6.02. The van der Waals surface area contributed by atoms with E-state index < -0.39 is 0 Å². The van der Waals surface area contributed by atoms with Crippen molar-refractivity contribution in [3.8, 4) is 0 Å². The van der Waals surface area contributed by atoms with Crippen LogP contribution in [0.3, 0.4) is 0 Å². The molecular formula is C15H18N2O. The van der Waals surface area contributed by atoms with Crippen molar-refractivity contribution in [1.82, 2.24) is 10.3 Å². The summed E-state index contributed by atoms with van der Waals surface area (Å²) in [5.41, 5.74) is 1.35. The minimum absolute atomic E-state index is 0.593. The van der Waals surface area contributed by atoms with Gasteiger partial charge in [-0.2, -0.15) is 0 Å². The molecule has 1 aromatic heterocycles. The smallest absolute Gasteiger partial charge is 0.0480 e. The lowest BCUT2D eigenvalue weighted by Crippen LogP contribution is -2.34. The Morgan fingerprint density at radius 2 is 2.11 bits per heavy atom. The summed E-state index contributed by atoms with van der Waals surface area (Å²) in [4.78, 5) is 4.17. The standard InChI is InChI=1S/C15H18N2O/c1-2-12-10-16-7-4-15(12)13(3-1)11-17-14-5-8-18-9-6-14/h1-4,7,10,14,17H,5-6,8-9,11H2. The number of aromatic nitrogens is 1. The number of fused-ring (bicyclic) bond motifs is 1. The van der Waals surface area contributed by atoms with Crippen LogP contribution in [0, 0.1) is 0 Å². The van der Waals surface area contributed by atoms with Gasteiger partial charge in [-0.15, -0.1) is 0 Å². The fraction of sp³-hybridized carbons (Fsp3) is 0.400. The van der Waals surface area contributed by atoms with Crippen LogP contribution < -0.4 is 5.32 Å². The Bertz CT molecular complexity index is 515. The van der Waals surface area contributed by atoms with Crippen LogP contribution in [0.5, 0.6) is 0 Å². The molecule has 0 atom stereocenters. The monoisotopic (exact) mass is 242 g/mol. The number of rotatable bonds is 3. The maximum absolute atomic E-state index is 5.37. The van der Waals surface area contributed by atoms with Gasteiger partial charge in [0.2, 0.25) is 0 Å². The average Bonchev–Trinajstić information content (AvgIpc) is 2.46. The molecule has 1 aliphatic rings. The predicted octanol–water partition coefficient (Wildman–Crippen LogP) is 2.50. The number of benzene rings is 1. The van der Waals surface area contributed by atoms with Crippen molar-refractivity contribution in [2.45, 2.75) is 25.4 Å². The van der Waals surface area contributed by atoms with Gasteiger partial charge in [-0.3, -0.25) is 4.98 Å². The third-order valence-corrected chi connectivity index (χ3v) is 3.57. The maximum Gasteiger partial charge on any atom is 0.0480 e. The van der Waals surface area contributed by atoms with Crippen molar-refractivity contribution in [2.75, 3.05) is 13.2 Å². The summed E-state index contributed by atoms with van der Waals surface area (Å²) < 4.78 is 5.37. The molecule has 0 amide bonds. The molecule has 0 unspecified atom stereocenters. The van der Waals surface area contributed by atoms with E-state index in [1.54, 1.807) is 0 Å². The fourth-order valence-electron chi connectivity index (χ4n) is 2.50. The van der Waals surface area contributed by atoms with E-state index in [2.05, 4.69) is 34.6 Å². The van der Waals surface area contributed by atoms with Crippen LogP contribution in [0.2, 0.25) is 0 Å². The second-order valence-corrected chi connectivity index (χ2v) is 4.78. The Balaban J connectivity index is 1.74. The molecule has 0 spiro atoms. The Hall–Kier alpha value is -1.45. The van der Waals surface area contributed by atoms with Crippen LogP contribution in [0.1, 0.15) is 18.4 Å². The molecule has 0 radical (unpaired) electrons. The fourth-order valence-corrected chi connectivity index (χ4v) is 2.50. The number of nitrogens with zero attached hydrogens (tertiary/aromatic N) is 1. The summed E-state index contributed by atoms with van der Waals surface area (Å²) >= 11 is 0. The van der Waals surface area contributed by atoms with E-state index in [9.17, 15) is 0 Å². The van der Waals surface area contributed by atoms with Crippen molar-refractivity contribution in [3.05, 3.63) is 42.2 Å². The summed E-state index contributed by atoms with van der Waals surface area (Å²) in [5.74, 6) is 0. The predicted molar refractivity (Wildman–Crippen MR) is 72.4 cm³/mol. The largest absolute Gasteiger partial charge is 0.381 e. The van der Waals surface area contributed by atoms with E-state index in [1.165, 1.54) is 16.3 Å². The van der Waals surface area contributed by atoms with Crippen LogP contribution >= 0.6 is 0 Å². The van der Waals surface area contributed by atoms with E-state index in [0.717, 1.165) is 32.6 Å². The summed E-state index contributed by atoms with van der Waals surface area (Å²) in [5, 5.41) is 6.14. The molecule has 3 nitrogen and oxygen atoms in total. The van der Waals surface area contributed by atoms with Gasteiger partial charge in [0.25, 0.3) is 0 Å². The molecule has 0 saturated carbocycles. The van der Waals surface area contributed by atoms with Crippen LogP contribution in [0.25, 0.3) is 10.8 Å². The molecule has 1 aromatic carbocycles. The first-order chi connectivity index (χ1) is 8.93. The molecule has 2 aromatic rings. The minimum Gasteiger partial charge on any atom is -0.381 e. The summed E-state index contributed by atoms with van der Waals surface area (Å²) in [6, 6.07) is 9.09.